The highest BCUT2D eigenvalue weighted by Gasteiger charge is 2.17. The first-order valence-corrected chi connectivity index (χ1v) is 4.04. The molecular formula is C9H7FN2O2. The number of carbonyl (C=O) groups is 2. The Balaban J connectivity index is 2.46. The van der Waals surface area contributed by atoms with Crippen molar-refractivity contribution in [2.75, 3.05) is 10.6 Å². The van der Waals surface area contributed by atoms with Crippen LogP contribution in [0.2, 0.25) is 0 Å². The van der Waals surface area contributed by atoms with E-state index in [1.807, 2.05) is 0 Å². The van der Waals surface area contributed by atoms with Crippen molar-refractivity contribution in [3.05, 3.63) is 24.0 Å². The van der Waals surface area contributed by atoms with Gasteiger partial charge in [-0.3, -0.25) is 9.59 Å². The monoisotopic (exact) mass is 194 g/mol. The van der Waals surface area contributed by atoms with Crippen LogP contribution in [0.4, 0.5) is 15.8 Å². The van der Waals surface area contributed by atoms with Crippen LogP contribution in [0.15, 0.2) is 18.2 Å². The Morgan fingerprint density at radius 3 is 2.43 bits per heavy atom. The Morgan fingerprint density at radius 2 is 1.71 bits per heavy atom. The number of rotatable bonds is 0. The zero-order valence-electron chi connectivity index (χ0n) is 7.13. The van der Waals surface area contributed by atoms with Gasteiger partial charge in [0, 0.05) is 0 Å². The van der Waals surface area contributed by atoms with Crippen LogP contribution in [0.3, 0.4) is 0 Å². The largest absolute Gasteiger partial charge is 0.324 e. The van der Waals surface area contributed by atoms with Gasteiger partial charge in [0.25, 0.3) is 0 Å². The van der Waals surface area contributed by atoms with E-state index in [2.05, 4.69) is 10.6 Å². The highest BCUT2D eigenvalue weighted by Crippen LogP contribution is 2.24. The van der Waals surface area contributed by atoms with E-state index in [4.69, 9.17) is 0 Å². The summed E-state index contributed by atoms with van der Waals surface area (Å²) in [6, 6.07) is 3.80. The number of anilines is 2. The van der Waals surface area contributed by atoms with Crippen molar-refractivity contribution < 1.29 is 14.0 Å². The maximum Gasteiger partial charge on any atom is 0.233 e. The van der Waals surface area contributed by atoms with Crippen molar-refractivity contribution in [3.8, 4) is 0 Å². The molecule has 72 valence electrons. The standard InChI is InChI=1S/C9H7FN2O2/c10-5-1-2-6-7(3-5)12-9(14)4-8(13)11-6/h1-3H,4H2,(H,11,13)(H,12,14). The van der Waals surface area contributed by atoms with Gasteiger partial charge < -0.3 is 10.6 Å². The summed E-state index contributed by atoms with van der Waals surface area (Å²) in [5.41, 5.74) is 0.711. The number of hydrogen-bond donors (Lipinski definition) is 2. The normalized spacial score (nSPS) is 15.2. The number of amides is 2. The SMILES string of the molecule is O=C1CC(=O)Nc2cc(F)ccc2N1. The maximum atomic E-state index is 12.8. The summed E-state index contributed by atoms with van der Waals surface area (Å²) in [6.07, 6.45) is -0.240. The van der Waals surface area contributed by atoms with E-state index in [1.54, 1.807) is 0 Å². The van der Waals surface area contributed by atoms with Gasteiger partial charge in [0.05, 0.1) is 11.4 Å². The highest BCUT2D eigenvalue weighted by molar-refractivity contribution is 6.13. The number of hydrogen-bond acceptors (Lipinski definition) is 2. The second kappa shape index (κ2) is 3.10. The third-order valence-electron chi connectivity index (χ3n) is 1.85. The smallest absolute Gasteiger partial charge is 0.233 e. The minimum atomic E-state index is -0.458. The summed E-state index contributed by atoms with van der Waals surface area (Å²) in [6.45, 7) is 0. The van der Waals surface area contributed by atoms with Crippen molar-refractivity contribution in [1.82, 2.24) is 0 Å². The molecule has 2 N–H and O–H groups in total. The molecule has 0 saturated carbocycles. The van der Waals surface area contributed by atoms with Crippen molar-refractivity contribution in [1.29, 1.82) is 0 Å². The maximum absolute atomic E-state index is 12.8. The average molecular weight is 194 g/mol. The molecule has 5 heteroatoms. The molecular weight excluding hydrogens is 187 g/mol. The summed E-state index contributed by atoms with van der Waals surface area (Å²) in [5, 5.41) is 4.92. The van der Waals surface area contributed by atoms with Gasteiger partial charge in [0.2, 0.25) is 11.8 Å². The minimum absolute atomic E-state index is 0.240. The lowest BCUT2D eigenvalue weighted by atomic mass is 10.2. The molecule has 1 aliphatic rings. The van der Waals surface area contributed by atoms with Crippen LogP contribution in [-0.2, 0) is 9.59 Å². The molecule has 0 aromatic heterocycles. The number of nitrogens with one attached hydrogen (secondary N) is 2. The third kappa shape index (κ3) is 1.56. The molecule has 2 amide bonds. The molecule has 0 atom stereocenters. The molecule has 0 fully saturated rings. The molecule has 2 rings (SSSR count). The summed E-state index contributed by atoms with van der Waals surface area (Å²) in [7, 11) is 0. The zero-order chi connectivity index (χ0) is 10.1. The Morgan fingerprint density at radius 1 is 1.07 bits per heavy atom. The summed E-state index contributed by atoms with van der Waals surface area (Å²) in [4.78, 5) is 22.1. The lowest BCUT2D eigenvalue weighted by Crippen LogP contribution is -2.16. The van der Waals surface area contributed by atoms with Gasteiger partial charge in [-0.15, -0.1) is 0 Å². The Kier molecular flexibility index (Phi) is 1.92. The first-order chi connectivity index (χ1) is 6.65. The molecule has 0 spiro atoms. The van der Waals surface area contributed by atoms with E-state index < -0.39 is 17.6 Å². The average Bonchev–Trinajstić information content (AvgIpc) is 2.21. The van der Waals surface area contributed by atoms with Crippen LogP contribution in [0.25, 0.3) is 0 Å². The molecule has 0 aliphatic carbocycles. The highest BCUT2D eigenvalue weighted by atomic mass is 19.1. The fraction of sp³-hybridized carbons (Fsp3) is 0.111. The van der Waals surface area contributed by atoms with Gasteiger partial charge in [-0.2, -0.15) is 0 Å². The lowest BCUT2D eigenvalue weighted by molar-refractivity contribution is -0.123. The second-order valence-corrected chi connectivity index (χ2v) is 2.96. The number of carbonyl (C=O) groups excluding carboxylic acids is 2. The lowest BCUT2D eigenvalue weighted by Gasteiger charge is -2.05. The van der Waals surface area contributed by atoms with E-state index >= 15 is 0 Å². The predicted octanol–water partition coefficient (Wildman–Crippen LogP) is 1.11. The topological polar surface area (TPSA) is 58.2 Å². The van der Waals surface area contributed by atoms with Crippen LogP contribution in [0.1, 0.15) is 6.42 Å². The van der Waals surface area contributed by atoms with Crippen LogP contribution < -0.4 is 10.6 Å². The number of halogens is 1. The minimum Gasteiger partial charge on any atom is -0.324 e. The summed E-state index contributed by atoms with van der Waals surface area (Å²) in [5.74, 6) is -1.29. The van der Waals surface area contributed by atoms with Crippen LogP contribution in [0.5, 0.6) is 0 Å². The number of benzene rings is 1. The van der Waals surface area contributed by atoms with Gasteiger partial charge >= 0.3 is 0 Å². The molecule has 0 radical (unpaired) electrons. The Hall–Kier alpha value is -1.91. The predicted molar refractivity (Wildman–Crippen MR) is 48.3 cm³/mol. The first-order valence-electron chi connectivity index (χ1n) is 4.04. The van der Waals surface area contributed by atoms with E-state index in [0.29, 0.717) is 11.4 Å². The van der Waals surface area contributed by atoms with Gasteiger partial charge in [-0.1, -0.05) is 0 Å². The van der Waals surface area contributed by atoms with E-state index in [-0.39, 0.29) is 6.42 Å². The Bertz CT molecular complexity index is 417. The fourth-order valence-electron chi connectivity index (χ4n) is 1.26. The summed E-state index contributed by atoms with van der Waals surface area (Å²) >= 11 is 0. The molecule has 14 heavy (non-hydrogen) atoms. The van der Waals surface area contributed by atoms with E-state index in [9.17, 15) is 14.0 Å². The van der Waals surface area contributed by atoms with Gasteiger partial charge in [-0.25, -0.2) is 4.39 Å². The molecule has 1 aliphatic heterocycles. The van der Waals surface area contributed by atoms with E-state index in [1.165, 1.54) is 18.2 Å². The molecule has 1 aromatic rings. The molecule has 4 nitrogen and oxygen atoms in total. The van der Waals surface area contributed by atoms with E-state index in [0.717, 1.165) is 0 Å². The van der Waals surface area contributed by atoms with Gasteiger partial charge in [0.15, 0.2) is 0 Å². The zero-order valence-corrected chi connectivity index (χ0v) is 7.13. The van der Waals surface area contributed by atoms with Crippen molar-refractivity contribution >= 4 is 23.2 Å². The first kappa shape index (κ1) is 8.68. The van der Waals surface area contributed by atoms with Crippen molar-refractivity contribution in [2.45, 2.75) is 6.42 Å². The quantitative estimate of drug-likeness (QED) is 0.608. The molecule has 0 unspecified atom stereocenters. The molecule has 0 saturated heterocycles. The Labute approximate surface area is 79.1 Å². The fourth-order valence-corrected chi connectivity index (χ4v) is 1.26. The summed E-state index contributed by atoms with van der Waals surface area (Å²) < 4.78 is 12.8. The second-order valence-electron chi connectivity index (χ2n) is 2.96. The van der Waals surface area contributed by atoms with Crippen molar-refractivity contribution in [2.24, 2.45) is 0 Å². The van der Waals surface area contributed by atoms with Gasteiger partial charge in [-0.05, 0) is 18.2 Å². The molecule has 1 heterocycles. The molecule has 1 aromatic carbocycles. The van der Waals surface area contributed by atoms with Crippen LogP contribution >= 0.6 is 0 Å². The van der Waals surface area contributed by atoms with Crippen LogP contribution in [-0.4, -0.2) is 11.8 Å². The number of fused-ring (bicyclic) bond motifs is 1. The van der Waals surface area contributed by atoms with Crippen LogP contribution in [0, 0.1) is 5.82 Å². The molecule has 0 bridgehead atoms. The van der Waals surface area contributed by atoms with Gasteiger partial charge in [0.1, 0.15) is 12.2 Å². The van der Waals surface area contributed by atoms with Crippen molar-refractivity contribution in [3.63, 3.8) is 0 Å². The third-order valence-corrected chi connectivity index (χ3v) is 1.85.